The van der Waals surface area contributed by atoms with Crippen molar-refractivity contribution in [2.75, 3.05) is 19.6 Å². The van der Waals surface area contributed by atoms with Gasteiger partial charge in [0.05, 0.1) is 5.41 Å². The van der Waals surface area contributed by atoms with E-state index >= 15 is 0 Å². The van der Waals surface area contributed by atoms with Gasteiger partial charge in [0, 0.05) is 46.1 Å². The van der Waals surface area contributed by atoms with Gasteiger partial charge in [0.1, 0.15) is 6.04 Å². The van der Waals surface area contributed by atoms with E-state index in [4.69, 9.17) is 28.9 Å². The Kier molecular flexibility index (Phi) is 6.47. The number of carbonyl (C=O) groups is 2. The van der Waals surface area contributed by atoms with Crippen LogP contribution in [0.3, 0.4) is 0 Å². The number of carbonyl (C=O) groups excluding carboxylic acids is 2. The van der Waals surface area contributed by atoms with Crippen molar-refractivity contribution in [2.45, 2.75) is 55.5 Å². The third-order valence-electron chi connectivity index (χ3n) is 8.00. The van der Waals surface area contributed by atoms with Gasteiger partial charge in [0.2, 0.25) is 11.8 Å². The first-order valence-corrected chi connectivity index (χ1v) is 13.3. The average Bonchev–Trinajstić information content (AvgIpc) is 3.62. The van der Waals surface area contributed by atoms with Gasteiger partial charge in [-0.25, -0.2) is 0 Å². The van der Waals surface area contributed by atoms with Crippen LogP contribution in [0.15, 0.2) is 46.9 Å². The Morgan fingerprint density at radius 2 is 1.62 bits per heavy atom. The summed E-state index contributed by atoms with van der Waals surface area (Å²) in [4.78, 5) is 31.9. The smallest absolute Gasteiger partial charge is 0.240 e. The predicted octanol–water partition coefficient (Wildman–Crippen LogP) is 4.95. The van der Waals surface area contributed by atoms with E-state index in [2.05, 4.69) is 20.8 Å². The lowest BCUT2D eigenvalue weighted by molar-refractivity contribution is -0.156. The Hall–Kier alpha value is -1.60. The normalized spacial score (nSPS) is 25.6. The minimum absolute atomic E-state index is 0.0204. The largest absolute Gasteiger partial charge is 0.368 e. The van der Waals surface area contributed by atoms with Gasteiger partial charge in [-0.1, -0.05) is 57.3 Å². The molecule has 4 aliphatic rings. The molecule has 3 aliphatic heterocycles. The number of nitrogens with zero attached hydrogens (tertiary/aromatic N) is 2. The molecule has 8 heteroatoms. The van der Waals surface area contributed by atoms with Crippen LogP contribution in [0.25, 0.3) is 0 Å². The number of hydrogen-bond acceptors (Lipinski definition) is 3. The van der Waals surface area contributed by atoms with Crippen molar-refractivity contribution < 1.29 is 9.59 Å². The zero-order valence-corrected chi connectivity index (χ0v) is 22.0. The van der Waals surface area contributed by atoms with Crippen LogP contribution in [0.5, 0.6) is 0 Å². The molecule has 3 heterocycles. The molecule has 4 fully saturated rings. The van der Waals surface area contributed by atoms with Crippen LogP contribution >= 0.6 is 39.1 Å². The van der Waals surface area contributed by atoms with E-state index in [-0.39, 0.29) is 11.4 Å². The van der Waals surface area contributed by atoms with E-state index in [0.29, 0.717) is 29.3 Å². The SMILES string of the molecule is NC(=O)[C@H](Cc1ccc(Br)cc1)N(C(=O)C1(c2ccc(Cl)cc2Cl)CC1)C12CCN(CC1)CC2. The highest BCUT2D eigenvalue weighted by Crippen LogP contribution is 2.54. The topological polar surface area (TPSA) is 66.6 Å². The average molecular weight is 565 g/mol. The highest BCUT2D eigenvalue weighted by Gasteiger charge is 2.59. The predicted molar refractivity (Wildman–Crippen MR) is 138 cm³/mol. The summed E-state index contributed by atoms with van der Waals surface area (Å²) < 4.78 is 0.965. The summed E-state index contributed by atoms with van der Waals surface area (Å²) in [5, 5.41) is 1.04. The minimum Gasteiger partial charge on any atom is -0.368 e. The van der Waals surface area contributed by atoms with Crippen LogP contribution in [-0.2, 0) is 21.4 Å². The van der Waals surface area contributed by atoms with Crippen molar-refractivity contribution in [2.24, 2.45) is 5.73 Å². The molecule has 1 saturated carbocycles. The summed E-state index contributed by atoms with van der Waals surface area (Å²) in [7, 11) is 0. The number of fused-ring (bicyclic) bond motifs is 3. The molecule has 2 aromatic carbocycles. The molecule has 6 rings (SSSR count). The molecule has 3 saturated heterocycles. The monoisotopic (exact) mass is 563 g/mol. The number of amides is 2. The van der Waals surface area contributed by atoms with Crippen molar-refractivity contribution in [3.8, 4) is 0 Å². The Labute approximate surface area is 218 Å². The van der Waals surface area contributed by atoms with Crippen molar-refractivity contribution >= 4 is 50.9 Å². The second kappa shape index (κ2) is 9.12. The van der Waals surface area contributed by atoms with E-state index in [0.717, 1.165) is 54.5 Å². The van der Waals surface area contributed by atoms with Crippen LogP contribution < -0.4 is 5.73 Å². The second-order valence-electron chi connectivity index (χ2n) is 9.95. The van der Waals surface area contributed by atoms with Gasteiger partial charge in [-0.2, -0.15) is 0 Å². The maximum absolute atomic E-state index is 14.5. The molecule has 2 N–H and O–H groups in total. The number of primary amides is 1. The van der Waals surface area contributed by atoms with Crippen LogP contribution in [0.1, 0.15) is 43.2 Å². The number of hydrogen-bond donors (Lipinski definition) is 1. The number of piperidine rings is 3. The fourth-order valence-corrected chi connectivity index (χ4v) is 6.71. The van der Waals surface area contributed by atoms with E-state index in [1.54, 1.807) is 12.1 Å². The van der Waals surface area contributed by atoms with E-state index < -0.39 is 17.4 Å². The second-order valence-corrected chi connectivity index (χ2v) is 11.7. The van der Waals surface area contributed by atoms with E-state index in [1.807, 2.05) is 35.2 Å². The fourth-order valence-electron chi connectivity index (χ4n) is 5.85. The zero-order valence-electron chi connectivity index (χ0n) is 18.9. The lowest BCUT2D eigenvalue weighted by Crippen LogP contribution is -2.68. The number of nitrogens with two attached hydrogens (primary N) is 1. The molecule has 2 amide bonds. The fraction of sp³-hybridized carbons (Fsp3) is 0.462. The first-order chi connectivity index (χ1) is 16.2. The maximum atomic E-state index is 14.5. The van der Waals surface area contributed by atoms with Gasteiger partial charge in [-0.05, 0) is 67.5 Å². The lowest BCUT2D eigenvalue weighted by Gasteiger charge is -2.56. The Balaban J connectivity index is 1.57. The molecule has 180 valence electrons. The maximum Gasteiger partial charge on any atom is 0.240 e. The van der Waals surface area contributed by atoms with Gasteiger partial charge >= 0.3 is 0 Å². The molecule has 2 aromatic rings. The van der Waals surface area contributed by atoms with Crippen molar-refractivity contribution in [3.63, 3.8) is 0 Å². The standard InChI is InChI=1S/C26H28BrCl2N3O2/c27-18-3-1-17(2-4-18)15-22(23(30)33)32(25-9-12-31(13-10-25)14-11-25)24(34)26(7-8-26)20-6-5-19(28)16-21(20)29/h1-6,16,22H,7-15H2,(H2,30,33)/t22-/m0/s1. The molecular weight excluding hydrogens is 537 g/mol. The quantitative estimate of drug-likeness (QED) is 0.517. The highest BCUT2D eigenvalue weighted by atomic mass is 79.9. The van der Waals surface area contributed by atoms with Gasteiger partial charge in [-0.3, -0.25) is 9.59 Å². The third-order valence-corrected chi connectivity index (χ3v) is 9.07. The van der Waals surface area contributed by atoms with Gasteiger partial charge < -0.3 is 15.5 Å². The molecular formula is C26H28BrCl2N3O2. The summed E-state index contributed by atoms with van der Waals surface area (Å²) in [5.74, 6) is -0.482. The summed E-state index contributed by atoms with van der Waals surface area (Å²) in [6.45, 7) is 2.80. The summed E-state index contributed by atoms with van der Waals surface area (Å²) in [6.07, 6.45) is 4.36. The summed E-state index contributed by atoms with van der Waals surface area (Å²) >= 11 is 16.2. The van der Waals surface area contributed by atoms with Crippen LogP contribution in [-0.4, -0.2) is 52.8 Å². The van der Waals surface area contributed by atoms with Gasteiger partial charge in [0.15, 0.2) is 0 Å². The zero-order chi connectivity index (χ0) is 24.1. The van der Waals surface area contributed by atoms with E-state index in [1.165, 1.54) is 0 Å². The molecule has 0 spiro atoms. The Morgan fingerprint density at radius 3 is 2.15 bits per heavy atom. The minimum atomic E-state index is -0.724. The molecule has 34 heavy (non-hydrogen) atoms. The number of benzene rings is 2. The molecule has 1 atom stereocenters. The molecule has 0 unspecified atom stereocenters. The Morgan fingerprint density at radius 1 is 1.00 bits per heavy atom. The molecule has 2 bridgehead atoms. The summed E-state index contributed by atoms with van der Waals surface area (Å²) in [5.41, 5.74) is 6.72. The number of halogens is 3. The highest BCUT2D eigenvalue weighted by molar-refractivity contribution is 9.10. The summed E-state index contributed by atoms with van der Waals surface area (Å²) in [6, 6.07) is 12.5. The molecule has 0 aromatic heterocycles. The molecule has 5 nitrogen and oxygen atoms in total. The third kappa shape index (κ3) is 4.27. The molecule has 1 aliphatic carbocycles. The van der Waals surface area contributed by atoms with Crippen molar-refractivity contribution in [1.82, 2.24) is 9.80 Å². The molecule has 0 radical (unpaired) electrons. The van der Waals surface area contributed by atoms with Crippen LogP contribution in [0, 0.1) is 0 Å². The van der Waals surface area contributed by atoms with Crippen LogP contribution in [0.2, 0.25) is 10.0 Å². The first-order valence-electron chi connectivity index (χ1n) is 11.8. The van der Waals surface area contributed by atoms with E-state index in [9.17, 15) is 9.59 Å². The van der Waals surface area contributed by atoms with Gasteiger partial charge in [0.25, 0.3) is 0 Å². The van der Waals surface area contributed by atoms with Gasteiger partial charge in [-0.15, -0.1) is 0 Å². The van der Waals surface area contributed by atoms with Crippen molar-refractivity contribution in [3.05, 3.63) is 68.1 Å². The van der Waals surface area contributed by atoms with Crippen LogP contribution in [0.4, 0.5) is 0 Å². The first kappa shape index (κ1) is 24.1. The number of rotatable bonds is 7. The van der Waals surface area contributed by atoms with Crippen molar-refractivity contribution in [1.29, 1.82) is 0 Å². The Bertz CT molecular complexity index is 1100. The lowest BCUT2D eigenvalue weighted by atomic mass is 9.75.